The first kappa shape index (κ1) is 20.9. The third kappa shape index (κ3) is 5.14. The fourth-order valence-electron chi connectivity index (χ4n) is 2.34. The van der Waals surface area contributed by atoms with E-state index in [1.807, 2.05) is 23.6 Å². The average Bonchev–Trinajstić information content (AvgIpc) is 3.31. The normalized spacial score (nSPS) is 10.8. The van der Waals surface area contributed by atoms with Gasteiger partial charge in [-0.15, -0.1) is 21.5 Å². The number of aromatic nitrogens is 3. The number of benzene rings is 1. The fourth-order valence-corrected chi connectivity index (χ4v) is 4.23. The number of ether oxygens (including phenoxy) is 1. The minimum atomic E-state index is -0.500. The first-order chi connectivity index (χ1) is 13.5. The monoisotopic (exact) mass is 455 g/mol. The minimum Gasteiger partial charge on any atom is -0.457 e. The SMILES string of the molecule is CCn1c(SCC(=O)OCC(=O)c2ccc(Cl)s2)nnc1-c1ccc(Cl)cc1. The number of hydrogen-bond donors (Lipinski definition) is 0. The van der Waals surface area contributed by atoms with E-state index < -0.39 is 5.97 Å². The number of nitrogens with zero attached hydrogens (tertiary/aromatic N) is 3. The van der Waals surface area contributed by atoms with Crippen LogP contribution in [0.2, 0.25) is 9.36 Å². The third-order valence-electron chi connectivity index (χ3n) is 3.67. The van der Waals surface area contributed by atoms with Gasteiger partial charge in [-0.2, -0.15) is 0 Å². The van der Waals surface area contributed by atoms with Gasteiger partial charge in [0.1, 0.15) is 0 Å². The summed E-state index contributed by atoms with van der Waals surface area (Å²) in [5.41, 5.74) is 0.883. The topological polar surface area (TPSA) is 74.1 Å². The van der Waals surface area contributed by atoms with Gasteiger partial charge < -0.3 is 9.30 Å². The third-order valence-corrected chi connectivity index (χ3v) is 6.13. The number of halogens is 2. The van der Waals surface area contributed by atoms with E-state index in [1.165, 1.54) is 11.8 Å². The van der Waals surface area contributed by atoms with Crippen LogP contribution in [0.5, 0.6) is 0 Å². The molecular weight excluding hydrogens is 441 g/mol. The number of carbonyl (C=O) groups excluding carboxylic acids is 2. The molecule has 2 aromatic heterocycles. The van der Waals surface area contributed by atoms with Crippen molar-refractivity contribution in [2.45, 2.75) is 18.6 Å². The molecule has 0 aliphatic rings. The molecule has 0 spiro atoms. The number of rotatable bonds is 8. The van der Waals surface area contributed by atoms with Crippen LogP contribution in [0.15, 0.2) is 41.6 Å². The second-order valence-electron chi connectivity index (χ2n) is 5.53. The molecule has 28 heavy (non-hydrogen) atoms. The predicted molar refractivity (Wildman–Crippen MR) is 111 cm³/mol. The number of ketones is 1. The highest BCUT2D eigenvalue weighted by molar-refractivity contribution is 7.99. The molecule has 146 valence electrons. The highest BCUT2D eigenvalue weighted by Gasteiger charge is 2.16. The maximum atomic E-state index is 12.0. The predicted octanol–water partition coefficient (Wildman–Crippen LogP) is 4.85. The smallest absolute Gasteiger partial charge is 0.316 e. The van der Waals surface area contributed by atoms with Crippen molar-refractivity contribution in [3.8, 4) is 11.4 Å². The van der Waals surface area contributed by atoms with Gasteiger partial charge in [-0.05, 0) is 43.3 Å². The van der Waals surface area contributed by atoms with Crippen molar-refractivity contribution >= 4 is 58.1 Å². The van der Waals surface area contributed by atoms with Crippen molar-refractivity contribution in [1.29, 1.82) is 0 Å². The molecule has 0 amide bonds. The molecule has 0 fully saturated rings. The molecule has 0 unspecified atom stereocenters. The van der Waals surface area contributed by atoms with Gasteiger partial charge in [-0.3, -0.25) is 9.59 Å². The van der Waals surface area contributed by atoms with Gasteiger partial charge in [0.2, 0.25) is 5.78 Å². The van der Waals surface area contributed by atoms with E-state index in [1.54, 1.807) is 24.3 Å². The van der Waals surface area contributed by atoms with E-state index in [4.69, 9.17) is 27.9 Å². The molecule has 2 heterocycles. The van der Waals surface area contributed by atoms with Crippen LogP contribution < -0.4 is 0 Å². The van der Waals surface area contributed by atoms with Crippen LogP contribution in [0.3, 0.4) is 0 Å². The Balaban J connectivity index is 1.57. The Morgan fingerprint density at radius 1 is 1.14 bits per heavy atom. The summed E-state index contributed by atoms with van der Waals surface area (Å²) in [5.74, 6) is -0.0616. The summed E-state index contributed by atoms with van der Waals surface area (Å²) in [5, 5.41) is 9.61. The summed E-state index contributed by atoms with van der Waals surface area (Å²) in [6, 6.07) is 10.5. The van der Waals surface area contributed by atoms with Crippen molar-refractivity contribution < 1.29 is 14.3 Å². The molecule has 0 aliphatic heterocycles. The molecule has 0 atom stereocenters. The molecule has 0 radical (unpaired) electrons. The summed E-state index contributed by atoms with van der Waals surface area (Å²) in [6.07, 6.45) is 0. The van der Waals surface area contributed by atoms with E-state index in [0.717, 1.165) is 16.9 Å². The van der Waals surface area contributed by atoms with Crippen LogP contribution in [-0.2, 0) is 16.1 Å². The summed E-state index contributed by atoms with van der Waals surface area (Å²) in [6.45, 7) is 2.29. The van der Waals surface area contributed by atoms with Crippen molar-refractivity contribution in [2.24, 2.45) is 0 Å². The molecule has 0 N–H and O–H groups in total. The summed E-state index contributed by atoms with van der Waals surface area (Å²) < 4.78 is 7.47. The van der Waals surface area contributed by atoms with Gasteiger partial charge in [-0.1, -0.05) is 35.0 Å². The molecule has 3 rings (SSSR count). The first-order valence-electron chi connectivity index (χ1n) is 8.24. The van der Waals surface area contributed by atoms with Gasteiger partial charge in [0.15, 0.2) is 17.6 Å². The number of thioether (sulfide) groups is 1. The largest absolute Gasteiger partial charge is 0.457 e. The molecule has 0 saturated heterocycles. The molecule has 10 heteroatoms. The summed E-state index contributed by atoms with van der Waals surface area (Å²) in [4.78, 5) is 24.4. The molecule has 0 aliphatic carbocycles. The lowest BCUT2D eigenvalue weighted by Gasteiger charge is -2.07. The van der Waals surface area contributed by atoms with E-state index in [9.17, 15) is 9.59 Å². The number of carbonyl (C=O) groups is 2. The van der Waals surface area contributed by atoms with Gasteiger partial charge in [0.25, 0.3) is 0 Å². The lowest BCUT2D eigenvalue weighted by molar-refractivity contribution is -0.139. The average molecular weight is 456 g/mol. The molecule has 0 bridgehead atoms. The Bertz CT molecular complexity index is 986. The minimum absolute atomic E-state index is 0.0250. The van der Waals surface area contributed by atoms with Crippen LogP contribution in [0.25, 0.3) is 11.4 Å². The molecule has 6 nitrogen and oxygen atoms in total. The standard InChI is InChI=1S/C18H15Cl2N3O3S2/c1-2-23-17(11-3-5-12(19)6-4-11)21-22-18(23)27-10-16(25)26-9-13(24)14-7-8-15(20)28-14/h3-8H,2,9-10H2,1H3. The Kier molecular flexibility index (Phi) is 7.12. The van der Waals surface area contributed by atoms with Crippen molar-refractivity contribution in [3.05, 3.63) is 50.6 Å². The summed E-state index contributed by atoms with van der Waals surface area (Å²) in [7, 11) is 0. The second kappa shape index (κ2) is 9.56. The number of hydrogen-bond acceptors (Lipinski definition) is 7. The molecular formula is C18H15Cl2N3O3S2. The fraction of sp³-hybridized carbons (Fsp3) is 0.222. The van der Waals surface area contributed by atoms with Crippen molar-refractivity contribution in [2.75, 3.05) is 12.4 Å². The van der Waals surface area contributed by atoms with Crippen molar-refractivity contribution in [3.63, 3.8) is 0 Å². The van der Waals surface area contributed by atoms with Gasteiger partial charge in [0.05, 0.1) is 15.0 Å². The van der Waals surface area contributed by atoms with Crippen LogP contribution in [-0.4, -0.2) is 38.9 Å². The van der Waals surface area contributed by atoms with Crippen molar-refractivity contribution in [1.82, 2.24) is 14.8 Å². The van der Waals surface area contributed by atoms with Gasteiger partial charge >= 0.3 is 5.97 Å². The van der Waals surface area contributed by atoms with E-state index in [-0.39, 0.29) is 18.1 Å². The maximum Gasteiger partial charge on any atom is 0.316 e. The van der Waals surface area contributed by atoms with Crippen LogP contribution in [0.4, 0.5) is 0 Å². The maximum absolute atomic E-state index is 12.0. The quantitative estimate of drug-likeness (QED) is 0.274. The molecule has 3 aromatic rings. The Hall–Kier alpha value is -1.87. The lowest BCUT2D eigenvalue weighted by atomic mass is 10.2. The van der Waals surface area contributed by atoms with Crippen LogP contribution in [0, 0.1) is 0 Å². The number of esters is 1. The summed E-state index contributed by atoms with van der Waals surface area (Å²) >= 11 is 14.1. The molecule has 0 saturated carbocycles. The van der Waals surface area contributed by atoms with Gasteiger partial charge in [0, 0.05) is 17.1 Å². The lowest BCUT2D eigenvalue weighted by Crippen LogP contribution is -2.15. The zero-order valence-corrected chi connectivity index (χ0v) is 17.9. The van der Waals surface area contributed by atoms with E-state index in [0.29, 0.717) is 31.8 Å². The van der Waals surface area contributed by atoms with E-state index >= 15 is 0 Å². The number of thiophene rings is 1. The van der Waals surface area contributed by atoms with Gasteiger partial charge in [-0.25, -0.2) is 0 Å². The van der Waals surface area contributed by atoms with Crippen LogP contribution in [0.1, 0.15) is 16.6 Å². The first-order valence-corrected chi connectivity index (χ1v) is 10.8. The Morgan fingerprint density at radius 2 is 1.89 bits per heavy atom. The second-order valence-corrected chi connectivity index (χ2v) is 8.63. The van der Waals surface area contributed by atoms with E-state index in [2.05, 4.69) is 10.2 Å². The Morgan fingerprint density at radius 3 is 2.54 bits per heavy atom. The zero-order chi connectivity index (χ0) is 20.1. The highest BCUT2D eigenvalue weighted by atomic mass is 35.5. The number of Topliss-reactive ketones (excluding diaryl/α,β-unsaturated/α-hetero) is 1. The Labute approximate surface area is 179 Å². The molecule has 1 aromatic carbocycles. The zero-order valence-electron chi connectivity index (χ0n) is 14.7. The van der Waals surface area contributed by atoms with Crippen LogP contribution >= 0.6 is 46.3 Å². The highest BCUT2D eigenvalue weighted by Crippen LogP contribution is 2.25.